The van der Waals surface area contributed by atoms with Crippen LogP contribution in [0.25, 0.3) is 0 Å². The Morgan fingerprint density at radius 3 is 2.60 bits per heavy atom. The fourth-order valence-electron chi connectivity index (χ4n) is 1.49. The summed E-state index contributed by atoms with van der Waals surface area (Å²) >= 11 is 5.23. The third-order valence-corrected chi connectivity index (χ3v) is 4.28. The molecule has 0 aromatic carbocycles. The molecule has 0 saturated heterocycles. The van der Waals surface area contributed by atoms with Crippen LogP contribution in [0.5, 0.6) is 0 Å². The molecule has 80 valence electrons. The number of furan rings is 1. The van der Waals surface area contributed by atoms with Gasteiger partial charge in [-0.25, -0.2) is 0 Å². The van der Waals surface area contributed by atoms with Gasteiger partial charge in [0, 0.05) is 19.8 Å². The summed E-state index contributed by atoms with van der Waals surface area (Å²) in [6.45, 7) is 4.00. The highest BCUT2D eigenvalue weighted by Gasteiger charge is 2.16. The zero-order valence-corrected chi connectivity index (χ0v) is 11.0. The van der Waals surface area contributed by atoms with E-state index in [0.717, 1.165) is 20.7 Å². The third-order valence-electron chi connectivity index (χ3n) is 2.23. The number of halogens is 1. The molecule has 2 aromatic rings. The van der Waals surface area contributed by atoms with Crippen LogP contribution >= 0.6 is 27.3 Å². The van der Waals surface area contributed by atoms with Gasteiger partial charge < -0.3 is 10.2 Å². The molecule has 0 radical (unpaired) electrons. The van der Waals surface area contributed by atoms with Crippen molar-refractivity contribution < 1.29 is 4.42 Å². The van der Waals surface area contributed by atoms with Gasteiger partial charge in [0.25, 0.3) is 0 Å². The molecule has 0 aliphatic carbocycles. The SMILES string of the molecule is Cc1cc(C(N)c2sc(C)cc2Br)co1. The van der Waals surface area contributed by atoms with Gasteiger partial charge in [-0.2, -0.15) is 0 Å². The maximum Gasteiger partial charge on any atom is 0.101 e. The molecule has 2 rings (SSSR count). The van der Waals surface area contributed by atoms with Gasteiger partial charge >= 0.3 is 0 Å². The van der Waals surface area contributed by atoms with Crippen LogP contribution in [0.3, 0.4) is 0 Å². The van der Waals surface area contributed by atoms with Crippen molar-refractivity contribution in [3.05, 3.63) is 43.9 Å². The highest BCUT2D eigenvalue weighted by Crippen LogP contribution is 2.34. The first-order valence-corrected chi connectivity index (χ1v) is 6.25. The summed E-state index contributed by atoms with van der Waals surface area (Å²) in [5.74, 6) is 0.893. The molecule has 1 unspecified atom stereocenters. The molecule has 0 aliphatic heterocycles. The van der Waals surface area contributed by atoms with Gasteiger partial charge in [0.2, 0.25) is 0 Å². The Balaban J connectivity index is 2.35. The summed E-state index contributed by atoms with van der Waals surface area (Å²) in [6, 6.07) is 3.97. The normalized spacial score (nSPS) is 13.1. The molecule has 15 heavy (non-hydrogen) atoms. The van der Waals surface area contributed by atoms with E-state index in [4.69, 9.17) is 10.2 Å². The topological polar surface area (TPSA) is 39.2 Å². The van der Waals surface area contributed by atoms with Crippen LogP contribution < -0.4 is 5.73 Å². The first kappa shape index (κ1) is 10.9. The van der Waals surface area contributed by atoms with E-state index in [0.29, 0.717) is 0 Å². The monoisotopic (exact) mass is 285 g/mol. The van der Waals surface area contributed by atoms with Gasteiger partial charge in [-0.05, 0) is 41.9 Å². The predicted molar refractivity (Wildman–Crippen MR) is 66.2 cm³/mol. The predicted octanol–water partition coefficient (Wildman–Crippen LogP) is 3.77. The smallest absolute Gasteiger partial charge is 0.101 e. The lowest BCUT2D eigenvalue weighted by molar-refractivity contribution is 0.530. The van der Waals surface area contributed by atoms with E-state index in [1.165, 1.54) is 4.88 Å². The van der Waals surface area contributed by atoms with Gasteiger partial charge in [0.05, 0.1) is 12.3 Å². The first-order chi connectivity index (χ1) is 7.08. The van der Waals surface area contributed by atoms with Crippen molar-refractivity contribution >= 4 is 27.3 Å². The maximum atomic E-state index is 6.16. The van der Waals surface area contributed by atoms with Gasteiger partial charge in [-0.3, -0.25) is 0 Å². The Bertz CT molecular complexity index is 475. The minimum Gasteiger partial charge on any atom is -0.469 e. The van der Waals surface area contributed by atoms with E-state index in [1.807, 2.05) is 13.0 Å². The Labute approximate surface area is 101 Å². The third kappa shape index (κ3) is 2.17. The van der Waals surface area contributed by atoms with Crippen LogP contribution in [0.1, 0.15) is 27.1 Å². The van der Waals surface area contributed by atoms with Gasteiger partial charge in [-0.15, -0.1) is 11.3 Å². The van der Waals surface area contributed by atoms with E-state index >= 15 is 0 Å². The number of rotatable bonds is 2. The summed E-state index contributed by atoms with van der Waals surface area (Å²) in [5, 5.41) is 0. The molecule has 0 amide bonds. The van der Waals surface area contributed by atoms with Crippen molar-refractivity contribution in [2.75, 3.05) is 0 Å². The zero-order valence-electron chi connectivity index (χ0n) is 8.58. The van der Waals surface area contributed by atoms with E-state index in [-0.39, 0.29) is 6.04 Å². The average Bonchev–Trinajstić information content (AvgIpc) is 2.71. The molecular weight excluding hydrogens is 274 g/mol. The molecule has 2 aromatic heterocycles. The number of hydrogen-bond donors (Lipinski definition) is 1. The molecule has 2 nitrogen and oxygen atoms in total. The Kier molecular flexibility index (Phi) is 3.00. The highest BCUT2D eigenvalue weighted by molar-refractivity contribution is 9.10. The molecule has 0 bridgehead atoms. The van der Waals surface area contributed by atoms with Crippen LogP contribution in [-0.2, 0) is 0 Å². The lowest BCUT2D eigenvalue weighted by Gasteiger charge is -2.07. The first-order valence-electron chi connectivity index (χ1n) is 4.64. The van der Waals surface area contributed by atoms with Crippen LogP contribution in [-0.4, -0.2) is 0 Å². The second-order valence-corrected chi connectivity index (χ2v) is 5.68. The van der Waals surface area contributed by atoms with Crippen molar-refractivity contribution in [1.29, 1.82) is 0 Å². The quantitative estimate of drug-likeness (QED) is 0.912. The Morgan fingerprint density at radius 2 is 2.13 bits per heavy atom. The van der Waals surface area contributed by atoms with Crippen LogP contribution in [0.15, 0.2) is 27.3 Å². The summed E-state index contributed by atoms with van der Waals surface area (Å²) in [6.07, 6.45) is 1.72. The second kappa shape index (κ2) is 4.12. The number of hydrogen-bond acceptors (Lipinski definition) is 3. The summed E-state index contributed by atoms with van der Waals surface area (Å²) < 4.78 is 6.34. The molecule has 0 saturated carbocycles. The zero-order chi connectivity index (χ0) is 11.0. The standard InChI is InChI=1S/C11H12BrNOS/c1-6-3-8(5-14-6)10(13)11-9(12)4-7(2)15-11/h3-5,10H,13H2,1-2H3. The van der Waals surface area contributed by atoms with Crippen LogP contribution in [0, 0.1) is 13.8 Å². The van der Waals surface area contributed by atoms with E-state index in [2.05, 4.69) is 28.9 Å². The largest absolute Gasteiger partial charge is 0.469 e. The van der Waals surface area contributed by atoms with Crippen LogP contribution in [0.4, 0.5) is 0 Å². The number of thiophene rings is 1. The summed E-state index contributed by atoms with van der Waals surface area (Å²) in [5.41, 5.74) is 7.19. The summed E-state index contributed by atoms with van der Waals surface area (Å²) in [7, 11) is 0. The maximum absolute atomic E-state index is 6.16. The Hall–Kier alpha value is -0.580. The highest BCUT2D eigenvalue weighted by atomic mass is 79.9. The molecule has 0 spiro atoms. The molecule has 4 heteroatoms. The lowest BCUT2D eigenvalue weighted by Crippen LogP contribution is -2.09. The fraction of sp³-hybridized carbons (Fsp3) is 0.273. The molecule has 0 aliphatic rings. The van der Waals surface area contributed by atoms with Gasteiger partial charge in [-0.1, -0.05) is 0 Å². The average molecular weight is 286 g/mol. The van der Waals surface area contributed by atoms with E-state index in [1.54, 1.807) is 17.6 Å². The van der Waals surface area contributed by atoms with Crippen molar-refractivity contribution in [3.8, 4) is 0 Å². The molecule has 2 N–H and O–H groups in total. The van der Waals surface area contributed by atoms with Crippen LogP contribution in [0.2, 0.25) is 0 Å². The number of aryl methyl sites for hydroxylation is 2. The summed E-state index contributed by atoms with van der Waals surface area (Å²) in [4.78, 5) is 2.40. The van der Waals surface area contributed by atoms with Crippen molar-refractivity contribution in [2.45, 2.75) is 19.9 Å². The van der Waals surface area contributed by atoms with Gasteiger partial charge in [0.1, 0.15) is 5.76 Å². The molecule has 1 atom stereocenters. The number of nitrogens with two attached hydrogens (primary N) is 1. The second-order valence-electron chi connectivity index (χ2n) is 3.54. The molecule has 0 fully saturated rings. The van der Waals surface area contributed by atoms with E-state index in [9.17, 15) is 0 Å². The minimum absolute atomic E-state index is 0.101. The fourth-order valence-corrected chi connectivity index (χ4v) is 3.42. The molecule has 2 heterocycles. The Morgan fingerprint density at radius 1 is 1.40 bits per heavy atom. The lowest BCUT2D eigenvalue weighted by atomic mass is 10.1. The van der Waals surface area contributed by atoms with Crippen molar-refractivity contribution in [1.82, 2.24) is 0 Å². The molecular formula is C11H12BrNOS. The van der Waals surface area contributed by atoms with E-state index < -0.39 is 0 Å². The van der Waals surface area contributed by atoms with Gasteiger partial charge in [0.15, 0.2) is 0 Å². The van der Waals surface area contributed by atoms with Crippen molar-refractivity contribution in [2.24, 2.45) is 5.73 Å². The van der Waals surface area contributed by atoms with Crippen molar-refractivity contribution in [3.63, 3.8) is 0 Å². The minimum atomic E-state index is -0.101.